The second-order valence-electron chi connectivity index (χ2n) is 6.00. The molecule has 0 heterocycles. The topological polar surface area (TPSA) is 66.4 Å². The Bertz CT molecular complexity index is 573. The van der Waals surface area contributed by atoms with Gasteiger partial charge >= 0.3 is 5.97 Å². The van der Waals surface area contributed by atoms with Crippen LogP contribution in [0.2, 0.25) is 0 Å². The van der Waals surface area contributed by atoms with Crippen LogP contribution in [0.3, 0.4) is 0 Å². The highest BCUT2D eigenvalue weighted by atomic mass is 79.9. The third kappa shape index (κ3) is 5.34. The van der Waals surface area contributed by atoms with Crippen LogP contribution in [0.5, 0.6) is 0 Å². The molecule has 0 aliphatic carbocycles. The highest BCUT2D eigenvalue weighted by Crippen LogP contribution is 2.21. The molecule has 1 atom stereocenters. The van der Waals surface area contributed by atoms with Crippen molar-refractivity contribution in [1.82, 2.24) is 5.32 Å². The number of hydrogen-bond donors (Lipinski definition) is 2. The Kier molecular flexibility index (Phi) is 5.72. The van der Waals surface area contributed by atoms with E-state index in [1.165, 1.54) is 6.08 Å². The van der Waals surface area contributed by atoms with Crippen LogP contribution in [-0.2, 0) is 9.59 Å². The van der Waals surface area contributed by atoms with E-state index in [1.807, 2.05) is 25.1 Å². The van der Waals surface area contributed by atoms with Crippen molar-refractivity contribution in [2.24, 2.45) is 5.41 Å². The maximum Gasteiger partial charge on any atom is 0.326 e. The molecule has 0 saturated carbocycles. The van der Waals surface area contributed by atoms with Crippen LogP contribution in [0.25, 0.3) is 6.08 Å². The summed E-state index contributed by atoms with van der Waals surface area (Å²) in [5.74, 6) is -1.47. The minimum atomic E-state index is -1.04. The van der Waals surface area contributed by atoms with Crippen molar-refractivity contribution < 1.29 is 14.7 Å². The van der Waals surface area contributed by atoms with Gasteiger partial charge in [0.1, 0.15) is 6.04 Å². The number of benzene rings is 1. The lowest BCUT2D eigenvalue weighted by molar-refractivity contribution is -0.144. The lowest BCUT2D eigenvalue weighted by Gasteiger charge is -2.27. The highest BCUT2D eigenvalue weighted by molar-refractivity contribution is 9.10. The quantitative estimate of drug-likeness (QED) is 0.815. The minimum Gasteiger partial charge on any atom is -0.480 e. The van der Waals surface area contributed by atoms with Gasteiger partial charge in [0.25, 0.3) is 0 Å². The standard InChI is InChI=1S/C16H20BrNO3/c1-10-5-6-11(12(17)9-10)7-8-13(19)18-14(15(20)21)16(2,3)4/h5-9,14H,1-4H3,(H,18,19)(H,20,21)/b8-7+/t14-/m1/s1. The van der Waals surface area contributed by atoms with Crippen LogP contribution < -0.4 is 5.32 Å². The first-order chi connectivity index (χ1) is 9.61. The number of rotatable bonds is 4. The first kappa shape index (κ1) is 17.4. The largest absolute Gasteiger partial charge is 0.480 e. The smallest absolute Gasteiger partial charge is 0.326 e. The maximum absolute atomic E-state index is 11.9. The van der Waals surface area contributed by atoms with Gasteiger partial charge in [-0.2, -0.15) is 0 Å². The molecule has 0 saturated heterocycles. The molecule has 114 valence electrons. The molecular formula is C16H20BrNO3. The van der Waals surface area contributed by atoms with E-state index < -0.39 is 23.3 Å². The molecule has 4 nitrogen and oxygen atoms in total. The molecule has 0 radical (unpaired) electrons. The lowest BCUT2D eigenvalue weighted by atomic mass is 9.87. The van der Waals surface area contributed by atoms with Gasteiger partial charge < -0.3 is 10.4 Å². The Morgan fingerprint density at radius 3 is 2.43 bits per heavy atom. The first-order valence-corrected chi connectivity index (χ1v) is 7.38. The Balaban J connectivity index is 2.81. The fraction of sp³-hybridized carbons (Fsp3) is 0.375. The summed E-state index contributed by atoms with van der Waals surface area (Å²) in [5.41, 5.74) is 1.42. The number of hydrogen-bond acceptors (Lipinski definition) is 2. The average Bonchev–Trinajstić information content (AvgIpc) is 2.33. The Morgan fingerprint density at radius 1 is 1.33 bits per heavy atom. The van der Waals surface area contributed by atoms with E-state index in [0.29, 0.717) is 0 Å². The fourth-order valence-corrected chi connectivity index (χ4v) is 2.40. The number of halogens is 1. The first-order valence-electron chi connectivity index (χ1n) is 6.59. The summed E-state index contributed by atoms with van der Waals surface area (Å²) < 4.78 is 0.886. The number of amides is 1. The second kappa shape index (κ2) is 6.89. The van der Waals surface area contributed by atoms with Crippen LogP contribution in [-0.4, -0.2) is 23.0 Å². The van der Waals surface area contributed by atoms with Crippen molar-refractivity contribution in [3.05, 3.63) is 39.9 Å². The number of aryl methyl sites for hydroxylation is 1. The third-order valence-electron chi connectivity index (χ3n) is 2.97. The second-order valence-corrected chi connectivity index (χ2v) is 6.86. The summed E-state index contributed by atoms with van der Waals surface area (Å²) in [4.78, 5) is 23.1. The van der Waals surface area contributed by atoms with Crippen LogP contribution in [0, 0.1) is 12.3 Å². The predicted octanol–water partition coefficient (Wildman–Crippen LogP) is 3.39. The van der Waals surface area contributed by atoms with Crippen molar-refractivity contribution in [1.29, 1.82) is 0 Å². The number of carbonyl (C=O) groups excluding carboxylic acids is 1. The van der Waals surface area contributed by atoms with Crippen LogP contribution in [0.4, 0.5) is 0 Å². The van der Waals surface area contributed by atoms with Gasteiger partial charge in [0.2, 0.25) is 5.91 Å². The van der Waals surface area contributed by atoms with Gasteiger partial charge in [0.15, 0.2) is 0 Å². The zero-order chi connectivity index (χ0) is 16.2. The van der Waals surface area contributed by atoms with E-state index in [9.17, 15) is 14.7 Å². The van der Waals surface area contributed by atoms with Gasteiger partial charge in [-0.15, -0.1) is 0 Å². The SMILES string of the molecule is Cc1ccc(/C=C/C(=O)N[C@H](C(=O)O)C(C)(C)C)c(Br)c1. The highest BCUT2D eigenvalue weighted by Gasteiger charge is 2.31. The minimum absolute atomic E-state index is 0.426. The zero-order valence-corrected chi connectivity index (χ0v) is 14.2. The van der Waals surface area contributed by atoms with Crippen molar-refractivity contribution in [3.63, 3.8) is 0 Å². The van der Waals surface area contributed by atoms with Gasteiger partial charge in [-0.1, -0.05) is 48.8 Å². The molecule has 5 heteroatoms. The summed E-state index contributed by atoms with van der Waals surface area (Å²) >= 11 is 3.43. The molecular weight excluding hydrogens is 334 g/mol. The number of carboxylic acid groups (broad SMARTS) is 1. The van der Waals surface area contributed by atoms with E-state index in [4.69, 9.17) is 0 Å². The van der Waals surface area contributed by atoms with Crippen molar-refractivity contribution in [3.8, 4) is 0 Å². The van der Waals surface area contributed by atoms with Crippen molar-refractivity contribution in [2.45, 2.75) is 33.7 Å². The molecule has 0 aromatic heterocycles. The Morgan fingerprint density at radius 2 is 1.95 bits per heavy atom. The van der Waals surface area contributed by atoms with E-state index in [-0.39, 0.29) is 0 Å². The van der Waals surface area contributed by atoms with E-state index in [0.717, 1.165) is 15.6 Å². The van der Waals surface area contributed by atoms with Crippen molar-refractivity contribution in [2.75, 3.05) is 0 Å². The number of aliphatic carboxylic acids is 1. The molecule has 1 amide bonds. The summed E-state index contributed by atoms with van der Waals surface area (Å²) in [6, 6.07) is 4.85. The molecule has 0 spiro atoms. The monoisotopic (exact) mass is 353 g/mol. The van der Waals surface area contributed by atoms with Crippen molar-refractivity contribution >= 4 is 33.9 Å². The molecule has 2 N–H and O–H groups in total. The Labute approximate surface area is 133 Å². The molecule has 0 fully saturated rings. The van der Waals surface area contributed by atoms with E-state index in [2.05, 4.69) is 21.2 Å². The summed E-state index contributed by atoms with van der Waals surface area (Å²) in [5, 5.41) is 11.7. The van der Waals surface area contributed by atoms with Gasteiger partial charge in [-0.05, 0) is 35.6 Å². The molecule has 0 aliphatic rings. The third-order valence-corrected chi connectivity index (χ3v) is 3.66. The lowest BCUT2D eigenvalue weighted by Crippen LogP contribution is -2.48. The zero-order valence-electron chi connectivity index (χ0n) is 12.6. The summed E-state index contributed by atoms with van der Waals surface area (Å²) in [6.07, 6.45) is 3.00. The van der Waals surface area contributed by atoms with E-state index >= 15 is 0 Å². The van der Waals surface area contributed by atoms with Gasteiger partial charge in [-0.25, -0.2) is 4.79 Å². The van der Waals surface area contributed by atoms with Crippen LogP contribution >= 0.6 is 15.9 Å². The number of carbonyl (C=O) groups is 2. The summed E-state index contributed by atoms with van der Waals surface area (Å²) in [6.45, 7) is 7.29. The molecule has 0 aliphatic heterocycles. The summed E-state index contributed by atoms with van der Waals surface area (Å²) in [7, 11) is 0. The molecule has 0 unspecified atom stereocenters. The van der Waals surface area contributed by atoms with Gasteiger partial charge in [0.05, 0.1) is 0 Å². The fourth-order valence-electron chi connectivity index (χ4n) is 1.77. The molecule has 1 rings (SSSR count). The normalized spacial score (nSPS) is 13.2. The van der Waals surface area contributed by atoms with Crippen LogP contribution in [0.15, 0.2) is 28.7 Å². The molecule has 1 aromatic carbocycles. The Hall–Kier alpha value is -1.62. The molecule has 0 bridgehead atoms. The van der Waals surface area contributed by atoms with Crippen LogP contribution in [0.1, 0.15) is 31.9 Å². The number of carboxylic acids is 1. The molecule has 21 heavy (non-hydrogen) atoms. The average molecular weight is 354 g/mol. The van der Waals surface area contributed by atoms with Gasteiger partial charge in [0, 0.05) is 10.5 Å². The van der Waals surface area contributed by atoms with Gasteiger partial charge in [-0.3, -0.25) is 4.79 Å². The maximum atomic E-state index is 11.9. The predicted molar refractivity (Wildman–Crippen MR) is 86.9 cm³/mol. The number of nitrogens with one attached hydrogen (secondary N) is 1. The van der Waals surface area contributed by atoms with E-state index in [1.54, 1.807) is 26.8 Å². The molecule has 1 aromatic rings.